The van der Waals surface area contributed by atoms with Gasteiger partial charge in [0.25, 0.3) is 0 Å². The maximum atomic E-state index is 10.7. The summed E-state index contributed by atoms with van der Waals surface area (Å²) < 4.78 is 58.9. The molecular weight excluding hydrogens is 540 g/mol. The van der Waals surface area contributed by atoms with E-state index in [1.165, 1.54) is 21.5 Å². The summed E-state index contributed by atoms with van der Waals surface area (Å²) in [6.45, 7) is 0. The maximum absolute atomic E-state index is 10.7. The van der Waals surface area contributed by atoms with E-state index in [4.69, 9.17) is 13.0 Å². The fraction of sp³-hybridized carbons (Fsp3) is 0.161. The quantitative estimate of drug-likeness (QED) is 0.0985. The molecular formula is C31H30F3O3PS. The first-order valence-electron chi connectivity index (χ1n) is 12.4. The lowest BCUT2D eigenvalue weighted by Gasteiger charge is -2.27. The van der Waals surface area contributed by atoms with E-state index in [0.717, 1.165) is 25.4 Å². The summed E-state index contributed by atoms with van der Waals surface area (Å²) in [6.07, 6.45) is 9.19. The Hall–Kier alpha value is -3.25. The van der Waals surface area contributed by atoms with Crippen LogP contribution in [0.15, 0.2) is 133 Å². The van der Waals surface area contributed by atoms with E-state index in [9.17, 15) is 13.2 Å². The zero-order chi connectivity index (χ0) is 28.2. The second-order valence-electron chi connectivity index (χ2n) is 8.72. The summed E-state index contributed by atoms with van der Waals surface area (Å²) in [7, 11) is -7.80. The van der Waals surface area contributed by atoms with Gasteiger partial charge in [-0.05, 0) is 54.8 Å². The summed E-state index contributed by atoms with van der Waals surface area (Å²) >= 11 is 0. The summed E-state index contributed by atoms with van der Waals surface area (Å²) in [5.74, 6) is 0. The van der Waals surface area contributed by atoms with Gasteiger partial charge in [0.15, 0.2) is 10.1 Å². The zero-order valence-corrected chi connectivity index (χ0v) is 23.0. The molecule has 0 unspecified atom stereocenters. The summed E-state index contributed by atoms with van der Waals surface area (Å²) in [5.41, 5.74) is -4.24. The Bertz CT molecular complexity index is 1300. The molecule has 0 heterocycles. The van der Waals surface area contributed by atoms with Crippen LogP contribution in [0.2, 0.25) is 0 Å². The average molecular weight is 571 g/mol. The molecule has 0 spiro atoms. The molecule has 0 fully saturated rings. The summed E-state index contributed by atoms with van der Waals surface area (Å²) in [6, 6.07) is 44.2. The molecule has 3 nitrogen and oxygen atoms in total. The van der Waals surface area contributed by atoms with Crippen LogP contribution >= 0.6 is 7.26 Å². The molecule has 0 saturated carbocycles. The van der Waals surface area contributed by atoms with E-state index in [2.05, 4.69) is 133 Å². The molecule has 0 bridgehead atoms. The smallest absolute Gasteiger partial charge is 0.485 e. The van der Waals surface area contributed by atoms with Crippen LogP contribution in [0.3, 0.4) is 0 Å². The Morgan fingerprint density at radius 1 is 0.615 bits per heavy atom. The van der Waals surface area contributed by atoms with Gasteiger partial charge in [-0.25, -0.2) is 8.42 Å². The van der Waals surface area contributed by atoms with Gasteiger partial charge >= 0.3 is 5.51 Å². The van der Waals surface area contributed by atoms with Crippen molar-refractivity contribution in [2.45, 2.75) is 24.8 Å². The molecule has 0 amide bonds. The van der Waals surface area contributed by atoms with Gasteiger partial charge in [-0.2, -0.15) is 13.2 Å². The standard InChI is InChI=1S/C30H30P.CHF3O3S/c1(7-17-27-18-8-3-9-19-27)2-16-26-31(28-20-10-4-11-21-28,29-22-12-5-13-23-29)30-24-14-6-15-25-30;2-1(3,4)8(5,6)7/h1-6,8-15,18-25H,7,16-17,26H2;(H,5,6,7)/q+1;/p-1/b2-1-;. The first-order chi connectivity index (χ1) is 18.6. The van der Waals surface area contributed by atoms with Crippen molar-refractivity contribution in [2.24, 2.45) is 0 Å². The third-order valence-electron chi connectivity index (χ3n) is 6.11. The molecule has 8 heteroatoms. The van der Waals surface area contributed by atoms with Crippen LogP contribution < -0.4 is 15.9 Å². The third-order valence-corrected chi connectivity index (χ3v) is 11.1. The van der Waals surface area contributed by atoms with Crippen molar-refractivity contribution in [2.75, 3.05) is 6.16 Å². The van der Waals surface area contributed by atoms with Crippen molar-refractivity contribution in [3.8, 4) is 0 Å². The molecule has 0 radical (unpaired) electrons. The first-order valence-corrected chi connectivity index (χ1v) is 15.8. The predicted molar refractivity (Wildman–Crippen MR) is 154 cm³/mol. The van der Waals surface area contributed by atoms with Crippen LogP contribution in [-0.2, 0) is 16.5 Å². The molecule has 39 heavy (non-hydrogen) atoms. The molecule has 0 saturated heterocycles. The second kappa shape index (κ2) is 14.2. The van der Waals surface area contributed by atoms with Crippen molar-refractivity contribution in [3.05, 3.63) is 139 Å². The lowest BCUT2D eigenvalue weighted by Crippen LogP contribution is -2.33. The average Bonchev–Trinajstić information content (AvgIpc) is 2.94. The van der Waals surface area contributed by atoms with Gasteiger partial charge < -0.3 is 4.55 Å². The van der Waals surface area contributed by atoms with Crippen molar-refractivity contribution in [1.29, 1.82) is 0 Å². The van der Waals surface area contributed by atoms with Crippen LogP contribution in [0.1, 0.15) is 18.4 Å². The van der Waals surface area contributed by atoms with Crippen LogP contribution in [-0.4, -0.2) is 24.6 Å². The van der Waals surface area contributed by atoms with E-state index in [0.29, 0.717) is 0 Å². The Balaban J connectivity index is 0.000000459. The predicted octanol–water partition coefficient (Wildman–Crippen LogP) is 6.61. The lowest BCUT2D eigenvalue weighted by atomic mass is 10.1. The van der Waals surface area contributed by atoms with Crippen molar-refractivity contribution >= 4 is 33.3 Å². The van der Waals surface area contributed by atoms with Crippen molar-refractivity contribution in [3.63, 3.8) is 0 Å². The van der Waals surface area contributed by atoms with Gasteiger partial charge in [0.1, 0.15) is 23.2 Å². The number of hydrogen-bond acceptors (Lipinski definition) is 3. The minimum absolute atomic E-state index is 1.08. The SMILES string of the molecule is C(=C/CC[P+](c1ccccc1)(c1ccccc1)c1ccccc1)/CCc1ccccc1.O=S(=O)([O-])C(F)(F)F. The Kier molecular flexibility index (Phi) is 11.0. The van der Waals surface area contributed by atoms with Crippen molar-refractivity contribution in [1.82, 2.24) is 0 Å². The molecule has 0 aromatic heterocycles. The topological polar surface area (TPSA) is 57.2 Å². The van der Waals surface area contributed by atoms with E-state index in [1.54, 1.807) is 0 Å². The van der Waals surface area contributed by atoms with E-state index in [1.807, 2.05) is 0 Å². The number of allylic oxidation sites excluding steroid dienone is 2. The van der Waals surface area contributed by atoms with Crippen molar-refractivity contribution < 1.29 is 26.1 Å². The first kappa shape index (κ1) is 30.3. The van der Waals surface area contributed by atoms with Gasteiger partial charge in [0.2, 0.25) is 0 Å². The van der Waals surface area contributed by atoms with Gasteiger partial charge in [-0.3, -0.25) is 0 Å². The van der Waals surface area contributed by atoms with E-state index in [-0.39, 0.29) is 0 Å². The highest BCUT2D eigenvalue weighted by Gasteiger charge is 2.44. The fourth-order valence-electron chi connectivity index (χ4n) is 4.28. The van der Waals surface area contributed by atoms with Gasteiger partial charge in [0, 0.05) is 6.42 Å². The highest BCUT2D eigenvalue weighted by atomic mass is 32.2. The van der Waals surface area contributed by atoms with Gasteiger partial charge in [-0.1, -0.05) is 97.1 Å². The molecule has 4 aromatic carbocycles. The molecule has 0 N–H and O–H groups in total. The summed E-state index contributed by atoms with van der Waals surface area (Å²) in [4.78, 5) is 0. The van der Waals surface area contributed by atoms with Gasteiger partial charge in [-0.15, -0.1) is 0 Å². The van der Waals surface area contributed by atoms with Crippen LogP contribution in [0.25, 0.3) is 0 Å². The number of rotatable bonds is 9. The van der Waals surface area contributed by atoms with E-state index < -0.39 is 22.9 Å². The summed E-state index contributed by atoms with van der Waals surface area (Å²) in [5, 5.41) is 4.39. The molecule has 204 valence electrons. The Morgan fingerprint density at radius 2 is 0.949 bits per heavy atom. The number of benzene rings is 4. The number of alkyl halides is 3. The fourth-order valence-corrected chi connectivity index (χ4v) is 8.53. The number of aryl methyl sites for hydroxylation is 1. The molecule has 0 aliphatic carbocycles. The van der Waals surface area contributed by atoms with Gasteiger partial charge in [0.05, 0.1) is 6.16 Å². The lowest BCUT2D eigenvalue weighted by molar-refractivity contribution is -0.0517. The molecule has 4 aromatic rings. The third kappa shape index (κ3) is 8.62. The van der Waals surface area contributed by atoms with Crippen LogP contribution in [0.5, 0.6) is 0 Å². The number of halogens is 3. The highest BCUT2D eigenvalue weighted by Crippen LogP contribution is 2.55. The maximum Gasteiger partial charge on any atom is 0.485 e. The highest BCUT2D eigenvalue weighted by molar-refractivity contribution is 7.95. The molecule has 4 rings (SSSR count). The minimum Gasteiger partial charge on any atom is -0.741 e. The molecule has 0 aliphatic heterocycles. The van der Waals surface area contributed by atoms with Crippen LogP contribution in [0.4, 0.5) is 13.2 Å². The molecule has 0 aliphatic rings. The number of hydrogen-bond donors (Lipinski definition) is 0. The normalized spacial score (nSPS) is 12.1. The molecule has 0 atom stereocenters. The largest absolute Gasteiger partial charge is 0.741 e. The van der Waals surface area contributed by atoms with E-state index >= 15 is 0 Å². The Morgan fingerprint density at radius 3 is 1.31 bits per heavy atom. The Labute approximate surface area is 229 Å². The monoisotopic (exact) mass is 570 g/mol. The zero-order valence-electron chi connectivity index (χ0n) is 21.2. The minimum atomic E-state index is -6.09. The second-order valence-corrected chi connectivity index (χ2v) is 13.7. The van der Waals surface area contributed by atoms with Crippen LogP contribution in [0, 0.1) is 0 Å².